The van der Waals surface area contributed by atoms with Crippen LogP contribution in [0.4, 0.5) is 5.69 Å². The molecule has 156 valence electrons. The third kappa shape index (κ3) is 6.42. The largest absolute Gasteiger partial charge is 0.493 e. The van der Waals surface area contributed by atoms with Gasteiger partial charge in [-0.05, 0) is 53.6 Å². The van der Waals surface area contributed by atoms with Crippen molar-refractivity contribution in [2.75, 3.05) is 11.8 Å². The molecule has 3 aromatic carbocycles. The first kappa shape index (κ1) is 22.0. The minimum atomic E-state index is -3.73. The van der Waals surface area contributed by atoms with Gasteiger partial charge in [-0.1, -0.05) is 47.5 Å². The van der Waals surface area contributed by atoms with Gasteiger partial charge in [-0.15, -0.1) is 0 Å². The van der Waals surface area contributed by atoms with Crippen LogP contribution in [-0.4, -0.2) is 15.5 Å². The molecule has 0 bridgehead atoms. The van der Waals surface area contributed by atoms with Gasteiger partial charge in [0.15, 0.2) is 11.5 Å². The summed E-state index contributed by atoms with van der Waals surface area (Å²) in [7, 11) is -2.24. The van der Waals surface area contributed by atoms with Gasteiger partial charge in [0, 0.05) is 16.1 Å². The zero-order chi connectivity index (χ0) is 21.6. The first-order valence-electron chi connectivity index (χ1n) is 8.86. The van der Waals surface area contributed by atoms with E-state index in [1.807, 2.05) is 18.2 Å². The lowest BCUT2D eigenvalue weighted by Gasteiger charge is -2.13. The Morgan fingerprint density at radius 3 is 2.37 bits per heavy atom. The van der Waals surface area contributed by atoms with Crippen LogP contribution in [0.15, 0.2) is 72.1 Å². The van der Waals surface area contributed by atoms with Gasteiger partial charge in [0.25, 0.3) is 10.0 Å². The molecular weight excluding hydrogens is 445 g/mol. The summed E-state index contributed by atoms with van der Waals surface area (Å²) in [5.41, 5.74) is 1.92. The van der Waals surface area contributed by atoms with Crippen LogP contribution in [-0.2, 0) is 16.6 Å². The minimum Gasteiger partial charge on any atom is -0.493 e. The van der Waals surface area contributed by atoms with E-state index in [0.29, 0.717) is 39.4 Å². The number of anilines is 1. The molecule has 0 aliphatic rings. The number of nitrogens with one attached hydrogen (secondary N) is 1. The molecule has 3 rings (SSSR count). The summed E-state index contributed by atoms with van der Waals surface area (Å²) in [4.78, 5) is 0. The molecule has 30 heavy (non-hydrogen) atoms. The molecule has 3 aromatic rings. The highest BCUT2D eigenvalue weighted by molar-refractivity contribution is 7.95. The summed E-state index contributed by atoms with van der Waals surface area (Å²) in [6.07, 6.45) is 1.47. The predicted molar refractivity (Wildman–Crippen MR) is 122 cm³/mol. The van der Waals surface area contributed by atoms with Crippen molar-refractivity contribution < 1.29 is 17.9 Å². The lowest BCUT2D eigenvalue weighted by atomic mass is 10.2. The van der Waals surface area contributed by atoms with Gasteiger partial charge >= 0.3 is 0 Å². The molecule has 0 radical (unpaired) electrons. The van der Waals surface area contributed by atoms with Crippen molar-refractivity contribution in [1.29, 1.82) is 0 Å². The number of hydrogen-bond donors (Lipinski definition) is 1. The Balaban J connectivity index is 1.70. The first-order valence-corrected chi connectivity index (χ1v) is 11.2. The van der Waals surface area contributed by atoms with Crippen LogP contribution in [0.2, 0.25) is 10.0 Å². The summed E-state index contributed by atoms with van der Waals surface area (Å²) in [5, 5.41) is 2.23. The quantitative estimate of drug-likeness (QED) is 0.445. The normalized spacial score (nSPS) is 11.4. The molecule has 0 aromatic heterocycles. The summed E-state index contributed by atoms with van der Waals surface area (Å²) < 4.78 is 38.3. The van der Waals surface area contributed by atoms with Crippen molar-refractivity contribution in [2.45, 2.75) is 6.61 Å². The lowest BCUT2D eigenvalue weighted by Crippen LogP contribution is -2.09. The van der Waals surface area contributed by atoms with Gasteiger partial charge < -0.3 is 9.47 Å². The molecule has 0 heterocycles. The van der Waals surface area contributed by atoms with Crippen LogP contribution in [0.5, 0.6) is 11.5 Å². The smallest absolute Gasteiger partial charge is 0.255 e. The highest BCUT2D eigenvalue weighted by atomic mass is 35.5. The molecule has 0 aliphatic carbocycles. The molecule has 8 heteroatoms. The van der Waals surface area contributed by atoms with E-state index in [-0.39, 0.29) is 0 Å². The van der Waals surface area contributed by atoms with Crippen molar-refractivity contribution in [3.8, 4) is 11.5 Å². The first-order chi connectivity index (χ1) is 14.3. The zero-order valence-corrected chi connectivity index (χ0v) is 18.3. The van der Waals surface area contributed by atoms with E-state index in [2.05, 4.69) is 4.72 Å². The standard InChI is InChI=1S/C22H19Cl2NO4S/c1-28-22-14-20(8-9-21(22)29-15-17-5-3-7-19(24)13-17)25-30(26,27)11-10-16-4-2-6-18(23)12-16/h2-14,25H,15H2,1H3. The molecule has 0 atom stereocenters. The lowest BCUT2D eigenvalue weighted by molar-refractivity contribution is 0.284. The number of sulfonamides is 1. The SMILES string of the molecule is COc1cc(NS(=O)(=O)C=Cc2cccc(Cl)c2)ccc1OCc1cccc(Cl)c1. The number of hydrogen-bond acceptors (Lipinski definition) is 4. The van der Waals surface area contributed by atoms with Crippen LogP contribution < -0.4 is 14.2 Å². The Kier molecular flexibility index (Phi) is 7.26. The molecule has 5 nitrogen and oxygen atoms in total. The second kappa shape index (κ2) is 9.89. The summed E-state index contributed by atoms with van der Waals surface area (Å²) in [5.74, 6) is 0.881. The maximum atomic E-state index is 12.4. The summed E-state index contributed by atoms with van der Waals surface area (Å²) >= 11 is 11.9. The van der Waals surface area contributed by atoms with E-state index in [1.54, 1.807) is 48.5 Å². The topological polar surface area (TPSA) is 64.6 Å². The molecule has 0 saturated carbocycles. The van der Waals surface area contributed by atoms with E-state index in [0.717, 1.165) is 11.0 Å². The van der Waals surface area contributed by atoms with Crippen LogP contribution in [0.25, 0.3) is 6.08 Å². The summed E-state index contributed by atoms with van der Waals surface area (Å²) in [6.45, 7) is 0.296. The number of ether oxygens (including phenoxy) is 2. The second-order valence-corrected chi connectivity index (χ2v) is 8.73. The van der Waals surface area contributed by atoms with Crippen LogP contribution in [0, 0.1) is 0 Å². The highest BCUT2D eigenvalue weighted by Crippen LogP contribution is 2.31. The van der Waals surface area contributed by atoms with Crippen molar-refractivity contribution in [2.24, 2.45) is 0 Å². The van der Waals surface area contributed by atoms with Gasteiger partial charge in [-0.3, -0.25) is 4.72 Å². The second-order valence-electron chi connectivity index (χ2n) is 6.29. The van der Waals surface area contributed by atoms with E-state index in [1.165, 1.54) is 13.2 Å². The van der Waals surface area contributed by atoms with Crippen LogP contribution >= 0.6 is 23.2 Å². The fourth-order valence-corrected chi connectivity index (χ4v) is 3.89. The third-order valence-corrected chi connectivity index (χ3v) is 5.48. The van der Waals surface area contributed by atoms with Crippen molar-refractivity contribution in [1.82, 2.24) is 0 Å². The fraction of sp³-hybridized carbons (Fsp3) is 0.0909. The number of methoxy groups -OCH3 is 1. The van der Waals surface area contributed by atoms with E-state index >= 15 is 0 Å². The molecule has 0 aliphatic heterocycles. The van der Waals surface area contributed by atoms with Crippen LogP contribution in [0.1, 0.15) is 11.1 Å². The number of rotatable bonds is 8. The maximum Gasteiger partial charge on any atom is 0.255 e. The third-order valence-electron chi connectivity index (χ3n) is 4.00. The van der Waals surface area contributed by atoms with Crippen LogP contribution in [0.3, 0.4) is 0 Å². The molecule has 0 unspecified atom stereocenters. The Bertz CT molecular complexity index is 1160. The molecule has 0 saturated heterocycles. The molecular formula is C22H19Cl2NO4S. The van der Waals surface area contributed by atoms with Gasteiger partial charge in [0.2, 0.25) is 0 Å². The molecule has 0 fully saturated rings. The maximum absolute atomic E-state index is 12.4. The fourth-order valence-electron chi connectivity index (χ4n) is 2.61. The average Bonchev–Trinajstić information content (AvgIpc) is 2.71. The van der Waals surface area contributed by atoms with Gasteiger partial charge in [0.1, 0.15) is 6.61 Å². The highest BCUT2D eigenvalue weighted by Gasteiger charge is 2.11. The Morgan fingerprint density at radius 2 is 1.67 bits per heavy atom. The van der Waals surface area contributed by atoms with E-state index in [9.17, 15) is 8.42 Å². The Morgan fingerprint density at radius 1 is 0.933 bits per heavy atom. The molecule has 0 spiro atoms. The van der Waals surface area contributed by atoms with Crippen molar-refractivity contribution in [3.63, 3.8) is 0 Å². The van der Waals surface area contributed by atoms with Crippen molar-refractivity contribution >= 4 is 45.0 Å². The molecule has 0 amide bonds. The number of benzene rings is 3. The Hall–Kier alpha value is -2.67. The van der Waals surface area contributed by atoms with Crippen molar-refractivity contribution in [3.05, 3.63) is 93.3 Å². The Labute approximate surface area is 185 Å². The minimum absolute atomic E-state index is 0.296. The summed E-state index contributed by atoms with van der Waals surface area (Å²) in [6, 6.07) is 19.0. The van der Waals surface area contributed by atoms with E-state index in [4.69, 9.17) is 32.7 Å². The van der Waals surface area contributed by atoms with E-state index < -0.39 is 10.0 Å². The zero-order valence-electron chi connectivity index (χ0n) is 16.0. The van der Waals surface area contributed by atoms with Gasteiger partial charge in [-0.25, -0.2) is 8.42 Å². The average molecular weight is 464 g/mol. The van der Waals surface area contributed by atoms with Gasteiger partial charge in [-0.2, -0.15) is 0 Å². The number of halogens is 2. The monoisotopic (exact) mass is 463 g/mol. The molecule has 1 N–H and O–H groups in total. The predicted octanol–water partition coefficient (Wildman–Crippen LogP) is 5.99. The van der Waals surface area contributed by atoms with Gasteiger partial charge in [0.05, 0.1) is 18.2 Å².